The lowest BCUT2D eigenvalue weighted by Gasteiger charge is -2.45. The van der Waals surface area contributed by atoms with Gasteiger partial charge in [0.15, 0.2) is 0 Å². The number of carbonyl (C=O) groups is 2. The highest BCUT2D eigenvalue weighted by Gasteiger charge is 2.42. The standard InChI is InChI=1S/C47H75ClO7/c1-4-6-7-8-9-10-11-12-13-14-15-16-19-22-34-54-42-29-23-28-39(46(52)53)45(42)36(3)55-44(51)31-21-18-17-20-26-37-38(41(49)35-40(37)48)27-24-30-43(50)47(5-2)32-25-33-47/h17,20,23-24,27-29,36-38,40-41,43,49-50H,4-16,18-19,21-22,25-26,30-35H2,1-3H3,(H,52,53)/b20-17-,27-24+/t36?,37-,38-,40-,41-,43+/m1/s1. The lowest BCUT2D eigenvalue weighted by Crippen LogP contribution is -2.40. The molecule has 0 bridgehead atoms. The van der Waals surface area contributed by atoms with Crippen LogP contribution in [0, 0.1) is 17.3 Å². The van der Waals surface area contributed by atoms with Gasteiger partial charge in [-0.1, -0.05) is 134 Å². The number of carboxylic acids is 1. The zero-order valence-corrected chi connectivity index (χ0v) is 35.3. The quantitative estimate of drug-likeness (QED) is 0.0308. The van der Waals surface area contributed by atoms with Gasteiger partial charge >= 0.3 is 11.9 Å². The molecule has 1 aromatic rings. The van der Waals surface area contributed by atoms with E-state index in [-0.39, 0.29) is 46.7 Å². The molecule has 2 aliphatic rings. The van der Waals surface area contributed by atoms with Gasteiger partial charge in [0, 0.05) is 23.3 Å². The summed E-state index contributed by atoms with van der Waals surface area (Å²) in [5.74, 6) is -0.932. The van der Waals surface area contributed by atoms with E-state index in [4.69, 9.17) is 21.1 Å². The van der Waals surface area contributed by atoms with Crippen molar-refractivity contribution < 1.29 is 34.4 Å². The zero-order chi connectivity index (χ0) is 39.9. The number of unbranched alkanes of at least 4 members (excludes halogenated alkanes) is 14. The summed E-state index contributed by atoms with van der Waals surface area (Å²) in [7, 11) is 0. The summed E-state index contributed by atoms with van der Waals surface area (Å²) in [6.07, 6.45) is 32.3. The number of benzene rings is 1. The number of hydrogen-bond donors (Lipinski definition) is 3. The SMILES string of the molecule is CCCCCCCCCCCCCCCCOc1cccc(C(=O)O)c1C(C)OC(=O)CCC/C=C\C[C@@H]1[C@@H](/C=C/C[C@H](O)C2(CC)CCC2)[C@H](O)C[C@H]1Cl. The summed E-state index contributed by atoms with van der Waals surface area (Å²) in [5.41, 5.74) is 0.545. The predicted molar refractivity (Wildman–Crippen MR) is 225 cm³/mol. The van der Waals surface area contributed by atoms with Crippen molar-refractivity contribution in [1.29, 1.82) is 0 Å². The van der Waals surface area contributed by atoms with Gasteiger partial charge in [0.05, 0.1) is 24.4 Å². The summed E-state index contributed by atoms with van der Waals surface area (Å²) in [6.45, 7) is 6.62. The Labute approximate surface area is 338 Å². The minimum atomic E-state index is -1.08. The van der Waals surface area contributed by atoms with Crippen LogP contribution in [0.2, 0.25) is 0 Å². The Kier molecular flexibility index (Phi) is 22.7. The molecule has 3 N–H and O–H groups in total. The van der Waals surface area contributed by atoms with E-state index in [9.17, 15) is 24.9 Å². The van der Waals surface area contributed by atoms with Gasteiger partial charge in [0.25, 0.3) is 0 Å². The van der Waals surface area contributed by atoms with Crippen molar-refractivity contribution in [1.82, 2.24) is 0 Å². The second-order valence-corrected chi connectivity index (χ2v) is 17.1. The first-order valence-corrected chi connectivity index (χ1v) is 22.6. The van der Waals surface area contributed by atoms with Crippen LogP contribution in [0.25, 0.3) is 0 Å². The largest absolute Gasteiger partial charge is 0.493 e. The molecule has 0 aromatic heterocycles. The van der Waals surface area contributed by atoms with E-state index < -0.39 is 18.2 Å². The molecule has 1 aromatic carbocycles. The number of esters is 1. The zero-order valence-electron chi connectivity index (χ0n) is 34.5. The molecular formula is C47H75ClO7. The van der Waals surface area contributed by atoms with E-state index in [1.54, 1.807) is 19.1 Å². The smallest absolute Gasteiger partial charge is 0.336 e. The number of alkyl halides is 1. The van der Waals surface area contributed by atoms with Crippen LogP contribution in [-0.4, -0.2) is 51.5 Å². The number of aliphatic hydroxyl groups excluding tert-OH is 2. The van der Waals surface area contributed by atoms with Gasteiger partial charge in [-0.15, -0.1) is 11.6 Å². The van der Waals surface area contributed by atoms with Gasteiger partial charge in [-0.2, -0.15) is 0 Å². The second-order valence-electron chi connectivity index (χ2n) is 16.5. The van der Waals surface area contributed by atoms with Crippen molar-refractivity contribution in [2.45, 2.75) is 199 Å². The number of ether oxygens (including phenoxy) is 2. The number of allylic oxidation sites excluding steroid dienone is 2. The van der Waals surface area contributed by atoms with E-state index >= 15 is 0 Å². The number of rotatable bonds is 30. The first-order valence-electron chi connectivity index (χ1n) is 22.1. The molecule has 2 fully saturated rings. The van der Waals surface area contributed by atoms with Crippen LogP contribution < -0.4 is 4.74 Å². The first-order chi connectivity index (χ1) is 26.6. The lowest BCUT2D eigenvalue weighted by atomic mass is 9.63. The van der Waals surface area contributed by atoms with Crippen LogP contribution in [0.15, 0.2) is 42.5 Å². The van der Waals surface area contributed by atoms with Gasteiger partial charge in [-0.05, 0) is 88.2 Å². The summed E-state index contributed by atoms with van der Waals surface area (Å²) < 4.78 is 11.8. The maximum absolute atomic E-state index is 12.8. The molecule has 0 radical (unpaired) electrons. The van der Waals surface area contributed by atoms with Crippen LogP contribution in [0.4, 0.5) is 0 Å². The minimum Gasteiger partial charge on any atom is -0.493 e. The third-order valence-electron chi connectivity index (χ3n) is 12.4. The summed E-state index contributed by atoms with van der Waals surface area (Å²) in [6, 6.07) is 4.96. The fourth-order valence-electron chi connectivity index (χ4n) is 8.64. The van der Waals surface area contributed by atoms with Crippen LogP contribution in [0.1, 0.15) is 197 Å². The third kappa shape index (κ3) is 16.2. The molecule has 0 aliphatic heterocycles. The minimum absolute atomic E-state index is 0.0449. The van der Waals surface area contributed by atoms with E-state index in [0.717, 1.165) is 38.5 Å². The number of halogens is 1. The van der Waals surface area contributed by atoms with Gasteiger partial charge in [0.1, 0.15) is 11.9 Å². The molecule has 312 valence electrons. The van der Waals surface area contributed by atoms with Gasteiger partial charge in [-0.3, -0.25) is 4.79 Å². The van der Waals surface area contributed by atoms with Crippen molar-refractivity contribution in [2.75, 3.05) is 6.61 Å². The van der Waals surface area contributed by atoms with Gasteiger partial charge in [-0.25, -0.2) is 4.79 Å². The van der Waals surface area contributed by atoms with Crippen molar-refractivity contribution >= 4 is 23.5 Å². The fraction of sp³-hybridized carbons (Fsp3) is 0.745. The number of carbonyl (C=O) groups excluding carboxylic acids is 1. The Balaban J connectivity index is 1.35. The normalized spacial score (nSPS) is 21.9. The third-order valence-corrected chi connectivity index (χ3v) is 12.9. The van der Waals surface area contributed by atoms with Crippen molar-refractivity contribution in [2.24, 2.45) is 17.3 Å². The average molecular weight is 788 g/mol. The number of hydrogen-bond acceptors (Lipinski definition) is 6. The van der Waals surface area contributed by atoms with Gasteiger partial charge < -0.3 is 24.8 Å². The number of aliphatic hydroxyl groups is 2. The highest BCUT2D eigenvalue weighted by atomic mass is 35.5. The monoisotopic (exact) mass is 787 g/mol. The maximum atomic E-state index is 12.8. The van der Waals surface area contributed by atoms with E-state index in [2.05, 4.69) is 32.1 Å². The first kappa shape index (κ1) is 47.0. The van der Waals surface area contributed by atoms with Crippen molar-refractivity contribution in [3.8, 4) is 5.75 Å². The Morgan fingerprint density at radius 1 is 0.909 bits per heavy atom. The second kappa shape index (κ2) is 26.5. The Morgan fingerprint density at radius 3 is 2.13 bits per heavy atom. The van der Waals surface area contributed by atoms with E-state index in [1.165, 1.54) is 89.5 Å². The van der Waals surface area contributed by atoms with Crippen molar-refractivity contribution in [3.63, 3.8) is 0 Å². The Morgan fingerprint density at radius 2 is 1.55 bits per heavy atom. The summed E-state index contributed by atoms with van der Waals surface area (Å²) in [5, 5.41) is 31.3. The highest BCUT2D eigenvalue weighted by Crippen LogP contribution is 2.48. The molecule has 2 aliphatic carbocycles. The van der Waals surface area contributed by atoms with E-state index in [1.807, 2.05) is 6.08 Å². The average Bonchev–Trinajstić information content (AvgIpc) is 3.41. The van der Waals surface area contributed by atoms with Gasteiger partial charge in [0.2, 0.25) is 0 Å². The van der Waals surface area contributed by atoms with Crippen LogP contribution >= 0.6 is 11.6 Å². The van der Waals surface area contributed by atoms with Crippen LogP contribution in [0.5, 0.6) is 5.75 Å². The Hall–Kier alpha value is -2.35. The van der Waals surface area contributed by atoms with Crippen molar-refractivity contribution in [3.05, 3.63) is 53.6 Å². The molecule has 55 heavy (non-hydrogen) atoms. The van der Waals surface area contributed by atoms with Crippen LogP contribution in [-0.2, 0) is 9.53 Å². The Bertz CT molecular complexity index is 1280. The summed E-state index contributed by atoms with van der Waals surface area (Å²) >= 11 is 6.66. The van der Waals surface area contributed by atoms with E-state index in [0.29, 0.717) is 43.6 Å². The number of aromatic carboxylic acids is 1. The fourth-order valence-corrected chi connectivity index (χ4v) is 9.09. The summed E-state index contributed by atoms with van der Waals surface area (Å²) in [4.78, 5) is 24.9. The molecule has 0 heterocycles. The molecule has 0 amide bonds. The molecule has 0 spiro atoms. The molecular weight excluding hydrogens is 712 g/mol. The molecule has 0 saturated heterocycles. The molecule has 6 atom stereocenters. The van der Waals surface area contributed by atoms with Crippen LogP contribution in [0.3, 0.4) is 0 Å². The molecule has 7 nitrogen and oxygen atoms in total. The molecule has 2 saturated carbocycles. The molecule has 3 rings (SSSR count). The number of carboxylic acid groups (broad SMARTS) is 1. The lowest BCUT2D eigenvalue weighted by molar-refractivity contribution is -0.148. The predicted octanol–water partition coefficient (Wildman–Crippen LogP) is 12.5. The molecule has 1 unspecified atom stereocenters. The topological polar surface area (TPSA) is 113 Å². The maximum Gasteiger partial charge on any atom is 0.336 e. The molecule has 8 heteroatoms. The highest BCUT2D eigenvalue weighted by molar-refractivity contribution is 6.21.